The van der Waals surface area contributed by atoms with Gasteiger partial charge in [-0.2, -0.15) is 0 Å². The van der Waals surface area contributed by atoms with Gasteiger partial charge in [-0.3, -0.25) is 9.55 Å². The summed E-state index contributed by atoms with van der Waals surface area (Å²) in [5, 5.41) is 11.0. The van der Waals surface area contributed by atoms with E-state index < -0.39 is 0 Å². The van der Waals surface area contributed by atoms with Gasteiger partial charge in [0.1, 0.15) is 5.58 Å². The van der Waals surface area contributed by atoms with Crippen molar-refractivity contribution in [3.05, 3.63) is 69.3 Å². The van der Waals surface area contributed by atoms with Crippen LogP contribution in [0.15, 0.2) is 57.1 Å². The molecule has 4 aromatic rings. The first-order valence-electron chi connectivity index (χ1n) is 9.81. The Hall–Kier alpha value is -2.68. The van der Waals surface area contributed by atoms with E-state index in [0.29, 0.717) is 29.5 Å². The Morgan fingerprint density at radius 1 is 1.16 bits per heavy atom. The summed E-state index contributed by atoms with van der Waals surface area (Å²) >= 11 is 7.91. The van der Waals surface area contributed by atoms with Gasteiger partial charge in [-0.05, 0) is 41.8 Å². The Labute approximate surface area is 188 Å². The molecule has 7 nitrogen and oxygen atoms in total. The van der Waals surface area contributed by atoms with Crippen LogP contribution in [0.25, 0.3) is 22.4 Å². The van der Waals surface area contributed by atoms with E-state index in [1.807, 2.05) is 35.8 Å². The second-order valence-corrected chi connectivity index (χ2v) is 8.21. The second kappa shape index (κ2) is 9.64. The molecule has 0 spiro atoms. The molecule has 3 aromatic heterocycles. The van der Waals surface area contributed by atoms with Crippen molar-refractivity contribution < 1.29 is 9.15 Å². The van der Waals surface area contributed by atoms with Gasteiger partial charge < -0.3 is 9.15 Å². The van der Waals surface area contributed by atoms with Crippen molar-refractivity contribution in [2.45, 2.75) is 30.8 Å². The van der Waals surface area contributed by atoms with Crippen molar-refractivity contribution in [1.29, 1.82) is 0 Å². The molecule has 31 heavy (non-hydrogen) atoms. The summed E-state index contributed by atoms with van der Waals surface area (Å²) in [7, 11) is 1.66. The van der Waals surface area contributed by atoms with Crippen LogP contribution >= 0.6 is 23.4 Å². The fraction of sp³-hybridized carbons (Fsp3) is 0.273. The maximum Gasteiger partial charge on any atom is 0.336 e. The van der Waals surface area contributed by atoms with Gasteiger partial charge >= 0.3 is 5.63 Å². The van der Waals surface area contributed by atoms with Crippen LogP contribution in [0.2, 0.25) is 5.02 Å². The van der Waals surface area contributed by atoms with Crippen molar-refractivity contribution in [1.82, 2.24) is 19.7 Å². The number of thioether (sulfide) groups is 1. The molecular weight excluding hydrogens is 436 g/mol. The topological polar surface area (TPSA) is 83.0 Å². The van der Waals surface area contributed by atoms with Crippen molar-refractivity contribution in [2.24, 2.45) is 0 Å². The number of benzene rings is 1. The summed E-state index contributed by atoms with van der Waals surface area (Å²) in [4.78, 5) is 16.2. The number of hydrogen-bond donors (Lipinski definition) is 0. The standard InChI is InChI=1S/C22H21ClN4O3S/c1-3-14-10-19-17(12-18(14)23)16(11-20(28)30-19)13-31-22-26-25-21(27(22)8-9-29-2)15-4-6-24-7-5-15/h4-7,10-12H,3,8-9,13H2,1-2H3. The van der Waals surface area contributed by atoms with Crippen molar-refractivity contribution >= 4 is 34.3 Å². The molecule has 0 aliphatic carbocycles. The molecule has 0 atom stereocenters. The number of hydrogen-bond acceptors (Lipinski definition) is 7. The van der Waals surface area contributed by atoms with Crippen LogP contribution in [-0.2, 0) is 23.5 Å². The molecule has 0 aliphatic rings. The third kappa shape index (κ3) is 4.66. The number of aromatic nitrogens is 4. The van der Waals surface area contributed by atoms with E-state index in [2.05, 4.69) is 15.2 Å². The summed E-state index contributed by atoms with van der Waals surface area (Å²) in [5.41, 5.74) is 2.87. The number of methoxy groups -OCH3 is 1. The van der Waals surface area contributed by atoms with E-state index in [1.165, 1.54) is 17.8 Å². The zero-order valence-corrected chi connectivity index (χ0v) is 18.7. The molecule has 9 heteroatoms. The zero-order chi connectivity index (χ0) is 21.8. The second-order valence-electron chi connectivity index (χ2n) is 6.86. The van der Waals surface area contributed by atoms with Gasteiger partial charge in [-0.25, -0.2) is 4.79 Å². The summed E-state index contributed by atoms with van der Waals surface area (Å²) in [6.07, 6.45) is 4.21. The molecule has 0 saturated carbocycles. The van der Waals surface area contributed by atoms with Gasteiger partial charge in [0, 0.05) is 47.3 Å². The van der Waals surface area contributed by atoms with Crippen LogP contribution in [0.5, 0.6) is 0 Å². The largest absolute Gasteiger partial charge is 0.423 e. The molecule has 0 bridgehead atoms. The van der Waals surface area contributed by atoms with E-state index in [1.54, 1.807) is 19.5 Å². The minimum atomic E-state index is -0.384. The van der Waals surface area contributed by atoms with Gasteiger partial charge in [-0.1, -0.05) is 30.3 Å². The lowest BCUT2D eigenvalue weighted by molar-refractivity contribution is 0.185. The molecular formula is C22H21ClN4O3S. The minimum absolute atomic E-state index is 0.384. The van der Waals surface area contributed by atoms with Crippen LogP contribution in [0, 0.1) is 0 Å². The maximum absolute atomic E-state index is 12.1. The monoisotopic (exact) mass is 456 g/mol. The van der Waals surface area contributed by atoms with Crippen molar-refractivity contribution in [3.8, 4) is 11.4 Å². The van der Waals surface area contributed by atoms with Crippen LogP contribution < -0.4 is 5.63 Å². The average Bonchev–Trinajstić information content (AvgIpc) is 3.19. The Morgan fingerprint density at radius 2 is 1.97 bits per heavy atom. The Morgan fingerprint density at radius 3 is 2.71 bits per heavy atom. The van der Waals surface area contributed by atoms with E-state index in [0.717, 1.165) is 39.5 Å². The highest BCUT2D eigenvalue weighted by atomic mass is 35.5. The lowest BCUT2D eigenvalue weighted by Crippen LogP contribution is -2.08. The fourth-order valence-corrected chi connectivity index (χ4v) is 4.57. The number of ether oxygens (including phenoxy) is 1. The van der Waals surface area contributed by atoms with Crippen molar-refractivity contribution in [3.63, 3.8) is 0 Å². The number of aryl methyl sites for hydroxylation is 1. The predicted octanol–water partition coefficient (Wildman–Crippen LogP) is 4.60. The Kier molecular flexibility index (Phi) is 6.70. The van der Waals surface area contributed by atoms with Gasteiger partial charge in [0.25, 0.3) is 0 Å². The van der Waals surface area contributed by atoms with Crippen LogP contribution in [0.1, 0.15) is 18.1 Å². The highest BCUT2D eigenvalue weighted by Crippen LogP contribution is 2.31. The van der Waals surface area contributed by atoms with E-state index in [9.17, 15) is 4.79 Å². The Balaban J connectivity index is 1.68. The lowest BCUT2D eigenvalue weighted by Gasteiger charge is -2.11. The third-order valence-electron chi connectivity index (χ3n) is 4.91. The number of halogens is 1. The first kappa shape index (κ1) is 21.5. The first-order valence-corrected chi connectivity index (χ1v) is 11.2. The summed E-state index contributed by atoms with van der Waals surface area (Å²) < 4.78 is 12.7. The predicted molar refractivity (Wildman–Crippen MR) is 122 cm³/mol. The maximum atomic E-state index is 12.1. The minimum Gasteiger partial charge on any atom is -0.423 e. The molecule has 3 heterocycles. The van der Waals surface area contributed by atoms with Gasteiger partial charge in [0.15, 0.2) is 11.0 Å². The zero-order valence-electron chi connectivity index (χ0n) is 17.2. The molecule has 0 unspecified atom stereocenters. The lowest BCUT2D eigenvalue weighted by atomic mass is 10.1. The smallest absolute Gasteiger partial charge is 0.336 e. The van der Waals surface area contributed by atoms with Gasteiger partial charge in [0.05, 0.1) is 13.2 Å². The number of pyridine rings is 1. The third-order valence-corrected chi connectivity index (χ3v) is 6.28. The first-order chi connectivity index (χ1) is 15.1. The van der Waals surface area contributed by atoms with Crippen LogP contribution in [-0.4, -0.2) is 33.5 Å². The SMILES string of the molecule is CCc1cc2oc(=O)cc(CSc3nnc(-c4ccncc4)n3CCOC)c2cc1Cl. The summed E-state index contributed by atoms with van der Waals surface area (Å²) in [5.74, 6) is 1.26. The van der Waals surface area contributed by atoms with Crippen LogP contribution in [0.4, 0.5) is 0 Å². The molecule has 0 N–H and O–H groups in total. The van der Waals surface area contributed by atoms with Crippen LogP contribution in [0.3, 0.4) is 0 Å². The number of rotatable bonds is 8. The Bertz CT molecular complexity index is 1260. The molecule has 0 radical (unpaired) electrons. The molecule has 4 rings (SSSR count). The number of fused-ring (bicyclic) bond motifs is 1. The van der Waals surface area contributed by atoms with Crippen molar-refractivity contribution in [2.75, 3.05) is 13.7 Å². The highest BCUT2D eigenvalue weighted by molar-refractivity contribution is 7.98. The van der Waals surface area contributed by atoms with E-state index in [-0.39, 0.29) is 5.63 Å². The summed E-state index contributed by atoms with van der Waals surface area (Å²) in [6.45, 7) is 3.14. The molecule has 0 aliphatic heterocycles. The molecule has 0 saturated heterocycles. The molecule has 0 amide bonds. The quantitative estimate of drug-likeness (QED) is 0.283. The normalized spacial score (nSPS) is 11.3. The summed E-state index contributed by atoms with van der Waals surface area (Å²) in [6, 6.07) is 9.01. The molecule has 1 aromatic carbocycles. The van der Waals surface area contributed by atoms with E-state index in [4.69, 9.17) is 20.8 Å². The average molecular weight is 457 g/mol. The van der Waals surface area contributed by atoms with Gasteiger partial charge in [0.2, 0.25) is 0 Å². The molecule has 160 valence electrons. The number of nitrogens with zero attached hydrogens (tertiary/aromatic N) is 4. The van der Waals surface area contributed by atoms with Gasteiger partial charge in [-0.15, -0.1) is 10.2 Å². The fourth-order valence-electron chi connectivity index (χ4n) is 3.32. The van der Waals surface area contributed by atoms with E-state index >= 15 is 0 Å². The highest BCUT2D eigenvalue weighted by Gasteiger charge is 2.16. The molecule has 0 fully saturated rings.